The van der Waals surface area contributed by atoms with E-state index in [9.17, 15) is 0 Å². The van der Waals surface area contributed by atoms with Crippen molar-refractivity contribution in [2.24, 2.45) is 0 Å². The molecule has 1 aliphatic heterocycles. The van der Waals surface area contributed by atoms with Crippen LogP contribution in [0.3, 0.4) is 0 Å². The van der Waals surface area contributed by atoms with Gasteiger partial charge in [-0.2, -0.15) is 0 Å². The zero-order valence-corrected chi connectivity index (χ0v) is 19.7. The Balaban J connectivity index is 1.52. The second kappa shape index (κ2) is 9.35. The highest BCUT2D eigenvalue weighted by Crippen LogP contribution is 2.35. The van der Waals surface area contributed by atoms with Crippen molar-refractivity contribution >= 4 is 16.9 Å². The molecule has 3 N–H and O–H groups in total. The monoisotopic (exact) mass is 444 g/mol. The summed E-state index contributed by atoms with van der Waals surface area (Å²) in [6, 6.07) is 6.89. The van der Waals surface area contributed by atoms with Crippen LogP contribution >= 0.6 is 0 Å². The minimum absolute atomic E-state index is 0.408. The molecule has 1 unspecified atom stereocenters. The molecule has 3 aromatic heterocycles. The van der Waals surface area contributed by atoms with Crippen molar-refractivity contribution in [2.45, 2.75) is 58.9 Å². The minimum atomic E-state index is 0.408. The molecule has 0 amide bonds. The lowest BCUT2D eigenvalue weighted by Gasteiger charge is -2.17. The van der Waals surface area contributed by atoms with Crippen LogP contribution < -0.4 is 10.6 Å². The third-order valence-corrected chi connectivity index (χ3v) is 6.55. The molecule has 0 spiro atoms. The van der Waals surface area contributed by atoms with Crippen molar-refractivity contribution in [3.8, 4) is 22.4 Å². The average molecular weight is 445 g/mol. The van der Waals surface area contributed by atoms with Gasteiger partial charge in [0.15, 0.2) is 0 Å². The Morgan fingerprint density at radius 2 is 2.09 bits per heavy atom. The molecule has 172 valence electrons. The highest BCUT2D eigenvalue weighted by Gasteiger charge is 2.18. The van der Waals surface area contributed by atoms with Crippen LogP contribution in [0.4, 0.5) is 5.95 Å². The summed E-state index contributed by atoms with van der Waals surface area (Å²) in [7, 11) is 0. The standard InChI is InChI=1S/C26H32N6O/c1-4-6-19-14-29-26(30-20-7-5-11-27-12-10-20)31-25(19)22-15-28-23-13-18(8-9-21(22)23)24-16(2)32-33-17(24)3/h8-9,13-15,20,27-28H,4-7,10-12H2,1-3H3,(H,29,30,31). The summed E-state index contributed by atoms with van der Waals surface area (Å²) in [5.41, 5.74) is 7.46. The van der Waals surface area contributed by atoms with Crippen LogP contribution in [0, 0.1) is 13.8 Å². The Kier molecular flexibility index (Phi) is 6.13. The van der Waals surface area contributed by atoms with Crippen molar-refractivity contribution in [3.63, 3.8) is 0 Å². The van der Waals surface area contributed by atoms with Crippen LogP contribution in [0.2, 0.25) is 0 Å². The van der Waals surface area contributed by atoms with Gasteiger partial charge in [-0.3, -0.25) is 0 Å². The van der Waals surface area contributed by atoms with Gasteiger partial charge in [-0.25, -0.2) is 9.97 Å². The summed E-state index contributed by atoms with van der Waals surface area (Å²) in [6.07, 6.45) is 9.48. The van der Waals surface area contributed by atoms with Crippen molar-refractivity contribution in [1.29, 1.82) is 0 Å². The summed E-state index contributed by atoms with van der Waals surface area (Å²) in [5.74, 6) is 1.56. The number of hydrogen-bond acceptors (Lipinski definition) is 6. The van der Waals surface area contributed by atoms with E-state index in [0.717, 1.165) is 89.5 Å². The van der Waals surface area contributed by atoms with E-state index >= 15 is 0 Å². The predicted molar refractivity (Wildman–Crippen MR) is 132 cm³/mol. The molecule has 1 aliphatic rings. The number of fused-ring (bicyclic) bond motifs is 1. The van der Waals surface area contributed by atoms with E-state index < -0.39 is 0 Å². The summed E-state index contributed by atoms with van der Waals surface area (Å²) >= 11 is 0. The van der Waals surface area contributed by atoms with E-state index in [-0.39, 0.29) is 0 Å². The van der Waals surface area contributed by atoms with Gasteiger partial charge in [0.25, 0.3) is 0 Å². The third-order valence-electron chi connectivity index (χ3n) is 6.55. The van der Waals surface area contributed by atoms with Gasteiger partial charge in [0.2, 0.25) is 5.95 Å². The maximum Gasteiger partial charge on any atom is 0.223 e. The number of aromatic amines is 1. The molecule has 1 fully saturated rings. The normalized spacial score (nSPS) is 16.8. The summed E-state index contributed by atoms with van der Waals surface area (Å²) in [5, 5.41) is 12.3. The minimum Gasteiger partial charge on any atom is -0.361 e. The van der Waals surface area contributed by atoms with Crippen LogP contribution in [0.1, 0.15) is 49.6 Å². The molecule has 1 saturated heterocycles. The highest BCUT2D eigenvalue weighted by atomic mass is 16.5. The van der Waals surface area contributed by atoms with E-state index in [4.69, 9.17) is 9.51 Å². The lowest BCUT2D eigenvalue weighted by Crippen LogP contribution is -2.22. The van der Waals surface area contributed by atoms with Crippen LogP contribution in [-0.4, -0.2) is 39.2 Å². The van der Waals surface area contributed by atoms with Gasteiger partial charge in [-0.15, -0.1) is 0 Å². The molecule has 0 saturated carbocycles. The number of rotatable bonds is 6. The SMILES string of the molecule is CCCc1cnc(NC2CCCNCC2)nc1-c1c[nH]c2cc(-c3c(C)noc3C)ccc12. The first-order valence-electron chi connectivity index (χ1n) is 12.0. The first kappa shape index (κ1) is 21.6. The number of aromatic nitrogens is 4. The highest BCUT2D eigenvalue weighted by molar-refractivity contribution is 5.97. The molecule has 0 radical (unpaired) electrons. The van der Waals surface area contributed by atoms with Crippen LogP contribution in [0.5, 0.6) is 0 Å². The molecule has 33 heavy (non-hydrogen) atoms. The van der Waals surface area contributed by atoms with E-state index in [0.29, 0.717) is 6.04 Å². The number of hydrogen-bond donors (Lipinski definition) is 3. The van der Waals surface area contributed by atoms with E-state index in [1.165, 1.54) is 12.0 Å². The zero-order chi connectivity index (χ0) is 22.8. The Morgan fingerprint density at radius 1 is 1.18 bits per heavy atom. The average Bonchev–Trinajstić information content (AvgIpc) is 3.27. The summed E-state index contributed by atoms with van der Waals surface area (Å²) < 4.78 is 5.37. The number of nitrogens with zero attached hydrogens (tertiary/aromatic N) is 3. The fourth-order valence-electron chi connectivity index (χ4n) is 4.88. The number of H-pyrrole nitrogens is 1. The lowest BCUT2D eigenvalue weighted by atomic mass is 9.99. The maximum absolute atomic E-state index is 5.37. The second-order valence-corrected chi connectivity index (χ2v) is 9.00. The Morgan fingerprint density at radius 3 is 2.91 bits per heavy atom. The lowest BCUT2D eigenvalue weighted by molar-refractivity contribution is 0.393. The quantitative estimate of drug-likeness (QED) is 0.369. The fourth-order valence-corrected chi connectivity index (χ4v) is 4.88. The van der Waals surface area contributed by atoms with Gasteiger partial charge in [0.05, 0.1) is 11.4 Å². The van der Waals surface area contributed by atoms with Gasteiger partial charge in [-0.1, -0.05) is 30.6 Å². The summed E-state index contributed by atoms with van der Waals surface area (Å²) in [6.45, 7) is 8.25. The first-order valence-corrected chi connectivity index (χ1v) is 12.0. The topological polar surface area (TPSA) is 91.7 Å². The molecule has 4 aromatic rings. The molecular formula is C26H32N6O. The molecule has 7 nitrogen and oxygen atoms in total. The van der Waals surface area contributed by atoms with Gasteiger partial charge in [0, 0.05) is 40.5 Å². The van der Waals surface area contributed by atoms with Crippen molar-refractivity contribution in [1.82, 2.24) is 25.4 Å². The van der Waals surface area contributed by atoms with Crippen LogP contribution in [-0.2, 0) is 6.42 Å². The molecule has 0 bridgehead atoms. The van der Waals surface area contributed by atoms with Gasteiger partial charge in [-0.05, 0) is 69.8 Å². The fraction of sp³-hybridized carbons (Fsp3) is 0.423. The number of aryl methyl sites for hydroxylation is 3. The van der Waals surface area contributed by atoms with Crippen molar-refractivity contribution in [2.75, 3.05) is 18.4 Å². The van der Waals surface area contributed by atoms with E-state index in [2.05, 4.69) is 57.1 Å². The molecule has 1 aromatic carbocycles. The maximum atomic E-state index is 5.37. The van der Waals surface area contributed by atoms with Crippen LogP contribution in [0.15, 0.2) is 35.1 Å². The number of anilines is 1. The third kappa shape index (κ3) is 4.37. The van der Waals surface area contributed by atoms with E-state index in [1.54, 1.807) is 0 Å². The summed E-state index contributed by atoms with van der Waals surface area (Å²) in [4.78, 5) is 13.2. The van der Waals surface area contributed by atoms with Gasteiger partial charge < -0.3 is 20.1 Å². The first-order chi connectivity index (χ1) is 16.1. The molecule has 5 rings (SSSR count). The largest absolute Gasteiger partial charge is 0.361 e. The molecule has 0 aliphatic carbocycles. The Hall–Kier alpha value is -3.19. The van der Waals surface area contributed by atoms with Gasteiger partial charge in [0.1, 0.15) is 5.76 Å². The second-order valence-electron chi connectivity index (χ2n) is 9.00. The van der Waals surface area contributed by atoms with Crippen molar-refractivity contribution in [3.05, 3.63) is 47.6 Å². The molecule has 7 heteroatoms. The van der Waals surface area contributed by atoms with Gasteiger partial charge >= 0.3 is 0 Å². The number of nitrogens with one attached hydrogen (secondary N) is 3. The zero-order valence-electron chi connectivity index (χ0n) is 19.7. The smallest absolute Gasteiger partial charge is 0.223 e. The molecular weight excluding hydrogens is 412 g/mol. The Bertz CT molecular complexity index is 1230. The number of benzene rings is 1. The molecule has 1 atom stereocenters. The molecule has 4 heterocycles. The Labute approximate surface area is 194 Å². The predicted octanol–water partition coefficient (Wildman–Crippen LogP) is 5.40. The van der Waals surface area contributed by atoms with Crippen LogP contribution in [0.25, 0.3) is 33.3 Å². The van der Waals surface area contributed by atoms with E-state index in [1.807, 2.05) is 20.0 Å². The van der Waals surface area contributed by atoms with Crippen molar-refractivity contribution < 1.29 is 4.52 Å².